The highest BCUT2D eigenvalue weighted by Crippen LogP contribution is 2.38. The van der Waals surface area contributed by atoms with Gasteiger partial charge in [0.1, 0.15) is 18.3 Å². The topological polar surface area (TPSA) is 206 Å². The highest BCUT2D eigenvalue weighted by molar-refractivity contribution is 7.46. The van der Waals surface area contributed by atoms with E-state index in [9.17, 15) is 19.6 Å². The lowest BCUT2D eigenvalue weighted by Crippen LogP contribution is -2.33. The Labute approximate surface area is 132 Å². The number of aliphatic hydroxyl groups excluding tert-OH is 2. The molecule has 0 radical (unpaired) electrons. The molecule has 1 unspecified atom stereocenters. The van der Waals surface area contributed by atoms with Crippen LogP contribution < -0.4 is 11.3 Å². The van der Waals surface area contributed by atoms with Crippen molar-refractivity contribution in [3.8, 4) is 0 Å². The lowest BCUT2D eigenvalue weighted by molar-refractivity contribution is -0.0503. The van der Waals surface area contributed by atoms with Crippen LogP contribution in [0.15, 0.2) is 11.1 Å². The number of nitrogen functional groups attached to an aromatic ring is 1. The van der Waals surface area contributed by atoms with Gasteiger partial charge < -0.3 is 30.5 Å². The largest absolute Gasteiger partial charge is 0.469 e. The van der Waals surface area contributed by atoms with E-state index in [-0.39, 0.29) is 17.1 Å². The molecule has 0 saturated carbocycles. The molecular formula is C10H14N5O8P. The van der Waals surface area contributed by atoms with Crippen LogP contribution in [0, 0.1) is 0 Å². The van der Waals surface area contributed by atoms with Crippen LogP contribution in [-0.4, -0.2) is 64.4 Å². The molecule has 3 heterocycles. The molecule has 2 aromatic rings. The van der Waals surface area contributed by atoms with E-state index >= 15 is 0 Å². The first-order chi connectivity index (χ1) is 11.2. The number of aromatic amines is 1. The lowest BCUT2D eigenvalue weighted by atomic mass is 10.1. The molecule has 132 valence electrons. The number of nitrogens with one attached hydrogen (secondary N) is 1. The smallest absolute Gasteiger partial charge is 0.387 e. The van der Waals surface area contributed by atoms with Gasteiger partial charge in [-0.1, -0.05) is 0 Å². The summed E-state index contributed by atoms with van der Waals surface area (Å²) in [6.45, 7) is -0.651. The third kappa shape index (κ3) is 3.06. The van der Waals surface area contributed by atoms with E-state index in [2.05, 4.69) is 19.5 Å². The summed E-state index contributed by atoms with van der Waals surface area (Å²) in [6.07, 6.45) is -4.22. The van der Waals surface area contributed by atoms with Gasteiger partial charge in [-0.2, -0.15) is 4.98 Å². The second kappa shape index (κ2) is 5.89. The van der Waals surface area contributed by atoms with Gasteiger partial charge in [-0.15, -0.1) is 0 Å². The summed E-state index contributed by atoms with van der Waals surface area (Å²) in [6, 6.07) is 0. The number of aromatic nitrogens is 4. The summed E-state index contributed by atoms with van der Waals surface area (Å²) >= 11 is 0. The van der Waals surface area contributed by atoms with Crippen molar-refractivity contribution in [2.75, 3.05) is 12.3 Å². The van der Waals surface area contributed by atoms with Crippen molar-refractivity contribution in [3.63, 3.8) is 0 Å². The van der Waals surface area contributed by atoms with E-state index in [1.807, 2.05) is 0 Å². The highest BCUT2D eigenvalue weighted by atomic mass is 31.2. The second-order valence-electron chi connectivity index (χ2n) is 5.11. The summed E-state index contributed by atoms with van der Waals surface area (Å²) in [4.78, 5) is 39.1. The van der Waals surface area contributed by atoms with E-state index in [1.165, 1.54) is 10.9 Å². The first-order valence-corrected chi connectivity index (χ1v) is 8.14. The van der Waals surface area contributed by atoms with Crippen molar-refractivity contribution >= 4 is 24.9 Å². The Hall–Kier alpha value is -1.86. The molecule has 7 N–H and O–H groups in total. The zero-order valence-electron chi connectivity index (χ0n) is 11.9. The molecule has 14 heteroatoms. The number of nitrogens with two attached hydrogens (primary N) is 1. The van der Waals surface area contributed by atoms with Gasteiger partial charge in [0.25, 0.3) is 5.56 Å². The Morgan fingerprint density at radius 3 is 2.79 bits per heavy atom. The maximum absolute atomic E-state index is 11.7. The van der Waals surface area contributed by atoms with Gasteiger partial charge in [0.05, 0.1) is 12.9 Å². The molecular weight excluding hydrogens is 351 g/mol. The first kappa shape index (κ1) is 17.0. The number of anilines is 1. The van der Waals surface area contributed by atoms with Crippen LogP contribution in [0.3, 0.4) is 0 Å². The molecule has 1 aliphatic heterocycles. The maximum atomic E-state index is 11.7. The molecule has 13 nitrogen and oxygen atoms in total. The van der Waals surface area contributed by atoms with Crippen molar-refractivity contribution in [3.05, 3.63) is 16.7 Å². The van der Waals surface area contributed by atoms with Crippen molar-refractivity contribution < 1.29 is 33.8 Å². The zero-order chi connectivity index (χ0) is 17.6. The fraction of sp³-hybridized carbons (Fsp3) is 0.500. The minimum absolute atomic E-state index is 0.0176. The Morgan fingerprint density at radius 2 is 2.12 bits per heavy atom. The van der Waals surface area contributed by atoms with Crippen LogP contribution in [0.1, 0.15) is 6.23 Å². The van der Waals surface area contributed by atoms with Crippen molar-refractivity contribution in [2.45, 2.75) is 24.5 Å². The van der Waals surface area contributed by atoms with Crippen molar-refractivity contribution in [1.82, 2.24) is 19.5 Å². The third-order valence-electron chi connectivity index (χ3n) is 3.47. The normalized spacial score (nSPS) is 27.8. The van der Waals surface area contributed by atoms with Gasteiger partial charge in [0, 0.05) is 0 Å². The van der Waals surface area contributed by atoms with Crippen LogP contribution in [0.4, 0.5) is 5.95 Å². The van der Waals surface area contributed by atoms with Gasteiger partial charge in [-0.3, -0.25) is 18.9 Å². The summed E-state index contributed by atoms with van der Waals surface area (Å²) in [5, 5.41) is 20.1. The number of phosphoric ester groups is 1. The van der Waals surface area contributed by atoms with Gasteiger partial charge in [-0.25, -0.2) is 9.55 Å². The van der Waals surface area contributed by atoms with Crippen LogP contribution in [-0.2, 0) is 13.8 Å². The summed E-state index contributed by atoms with van der Waals surface area (Å²) in [5.41, 5.74) is 4.84. The fourth-order valence-electron chi connectivity index (χ4n) is 2.40. The first-order valence-electron chi connectivity index (χ1n) is 6.61. The Balaban J connectivity index is 1.90. The lowest BCUT2D eigenvalue weighted by Gasteiger charge is -2.16. The number of rotatable bonds is 4. The van der Waals surface area contributed by atoms with E-state index in [0.29, 0.717) is 0 Å². The summed E-state index contributed by atoms with van der Waals surface area (Å²) in [7, 11) is -4.76. The number of hydrogen-bond acceptors (Lipinski definition) is 9. The minimum Gasteiger partial charge on any atom is -0.387 e. The number of phosphoric acid groups is 1. The number of imidazole rings is 1. The number of ether oxygens (including phenoxy) is 1. The van der Waals surface area contributed by atoms with Crippen molar-refractivity contribution in [1.29, 1.82) is 0 Å². The highest BCUT2D eigenvalue weighted by Gasteiger charge is 2.45. The summed E-state index contributed by atoms with van der Waals surface area (Å²) < 4.78 is 21.6. The van der Waals surface area contributed by atoms with E-state index in [4.69, 9.17) is 20.3 Å². The van der Waals surface area contributed by atoms with E-state index in [0.717, 1.165) is 0 Å². The molecule has 0 bridgehead atoms. The van der Waals surface area contributed by atoms with Gasteiger partial charge in [0.15, 0.2) is 17.4 Å². The van der Waals surface area contributed by atoms with Gasteiger partial charge in [-0.05, 0) is 0 Å². The fourth-order valence-corrected chi connectivity index (χ4v) is 2.74. The average molecular weight is 365 g/mol. The maximum Gasteiger partial charge on any atom is 0.469 e. The quantitative estimate of drug-likeness (QED) is 0.310. The molecule has 0 aliphatic carbocycles. The Bertz CT molecular complexity index is 861. The molecule has 4 atom stereocenters. The second-order valence-corrected chi connectivity index (χ2v) is 6.35. The minimum atomic E-state index is -4.76. The standard InChI is InChI=1S/C10H14N5O8P/c11-10-13-7-4(8(18)14-10)12-2-15(7)9-6(17)5(16)3(23-9)1-22-24(19,20)21/h2-3,5-6,9,16-17H,1H2,(H2,19,20,21)(H3,11,13,14,18)/t3-,5?,6+,9-/m1/s1/i2+2. The number of hydrogen-bond donors (Lipinski definition) is 6. The zero-order valence-corrected chi connectivity index (χ0v) is 12.8. The molecule has 0 aromatic carbocycles. The molecule has 1 saturated heterocycles. The van der Waals surface area contributed by atoms with E-state index in [1.54, 1.807) is 0 Å². The Morgan fingerprint density at radius 1 is 1.42 bits per heavy atom. The SMILES string of the molecule is Nc1nc2c(n[14cH]n2[C@@H]2O[C@H](COP(=O)(O)O)C(O)[C@@H]2O)c(=O)[nH]1. The molecule has 24 heavy (non-hydrogen) atoms. The van der Waals surface area contributed by atoms with Crippen molar-refractivity contribution in [2.24, 2.45) is 0 Å². The van der Waals surface area contributed by atoms with Crippen LogP contribution in [0.25, 0.3) is 11.2 Å². The number of aliphatic hydroxyl groups is 2. The predicted molar refractivity (Wildman–Crippen MR) is 76.5 cm³/mol. The molecule has 1 aliphatic rings. The summed E-state index contributed by atoms with van der Waals surface area (Å²) in [5.74, 6) is -0.177. The van der Waals surface area contributed by atoms with Gasteiger partial charge >= 0.3 is 7.82 Å². The number of H-pyrrole nitrogens is 1. The average Bonchev–Trinajstić information content (AvgIpc) is 3.00. The third-order valence-corrected chi connectivity index (χ3v) is 3.95. The predicted octanol–water partition coefficient (Wildman–Crippen LogP) is -2.57. The number of fused-ring (bicyclic) bond motifs is 1. The van der Waals surface area contributed by atoms with Gasteiger partial charge in [0.2, 0.25) is 5.95 Å². The molecule has 0 spiro atoms. The van der Waals surface area contributed by atoms with E-state index < -0.39 is 44.5 Å². The number of nitrogens with zero attached hydrogens (tertiary/aromatic N) is 3. The Kier molecular flexibility index (Phi) is 4.17. The molecule has 2 aromatic heterocycles. The molecule has 3 rings (SSSR count). The van der Waals surface area contributed by atoms with Crippen LogP contribution in [0.5, 0.6) is 0 Å². The van der Waals surface area contributed by atoms with Crippen LogP contribution in [0.2, 0.25) is 0 Å². The van der Waals surface area contributed by atoms with Crippen LogP contribution >= 0.6 is 7.82 Å². The monoisotopic (exact) mass is 365 g/mol. The molecule has 1 fully saturated rings. The molecule has 0 amide bonds.